The summed E-state index contributed by atoms with van der Waals surface area (Å²) in [7, 11) is 0. The summed E-state index contributed by atoms with van der Waals surface area (Å²) < 4.78 is 94.1. The SMILES string of the molecule is CC(C)(C)OC(=O)NCCCC[C@H](NC(=O)OC(C)(C)C)C(=O)OC(CN(N)/C=N\N)(c1ccc(F)cc1F)C(F)(F)c1ccc(C#Cc2ccc(F)cc2)cn1. The Bertz CT molecular complexity index is 1940. The van der Waals surface area contributed by atoms with E-state index in [1.165, 1.54) is 30.3 Å². The molecule has 0 radical (unpaired) electrons. The van der Waals surface area contributed by atoms with Crippen molar-refractivity contribution in [2.45, 2.75) is 89.6 Å². The number of aromatic nitrogens is 1. The number of alkyl carbamates (subject to hydrolysis) is 2. The quantitative estimate of drug-likeness (QED) is 0.0171. The van der Waals surface area contributed by atoms with Gasteiger partial charge in [0.2, 0.25) is 5.60 Å². The second kappa shape index (κ2) is 19.3. The minimum absolute atomic E-state index is 0.0718. The van der Waals surface area contributed by atoms with Crippen molar-refractivity contribution < 1.29 is 50.5 Å². The van der Waals surface area contributed by atoms with Crippen molar-refractivity contribution in [1.82, 2.24) is 20.6 Å². The van der Waals surface area contributed by atoms with Crippen LogP contribution < -0.4 is 22.3 Å². The lowest BCUT2D eigenvalue weighted by Gasteiger charge is -2.42. The number of nitrogens with one attached hydrogen (secondary N) is 2. The molecule has 0 fully saturated rings. The van der Waals surface area contributed by atoms with Crippen LogP contribution in [0.2, 0.25) is 0 Å². The van der Waals surface area contributed by atoms with Crippen LogP contribution in [0, 0.1) is 29.3 Å². The highest BCUT2D eigenvalue weighted by molar-refractivity contribution is 5.82. The minimum atomic E-state index is -4.49. The molecule has 0 saturated carbocycles. The van der Waals surface area contributed by atoms with Crippen LogP contribution in [0.3, 0.4) is 0 Å². The summed E-state index contributed by atoms with van der Waals surface area (Å²) in [6.45, 7) is 8.50. The van der Waals surface area contributed by atoms with Crippen molar-refractivity contribution in [3.63, 3.8) is 0 Å². The van der Waals surface area contributed by atoms with E-state index in [0.717, 1.165) is 12.3 Å². The Morgan fingerprint density at radius 1 is 0.860 bits per heavy atom. The lowest BCUT2D eigenvalue weighted by molar-refractivity contribution is -0.231. The number of esters is 1. The number of unbranched alkanes of at least 4 members (excludes halogenated alkanes) is 1. The van der Waals surface area contributed by atoms with Crippen LogP contribution in [0.1, 0.15) is 83.2 Å². The number of nitrogens with zero attached hydrogens (tertiary/aromatic N) is 3. The Hall–Kier alpha value is -5.96. The number of hydrogen-bond acceptors (Lipinski definition) is 10. The van der Waals surface area contributed by atoms with E-state index in [1.54, 1.807) is 41.5 Å². The average molecular weight is 804 g/mol. The van der Waals surface area contributed by atoms with Crippen LogP contribution in [-0.4, -0.2) is 64.8 Å². The van der Waals surface area contributed by atoms with Gasteiger partial charge in [0.1, 0.15) is 46.7 Å². The number of alkyl halides is 2. The third-order valence-corrected chi connectivity index (χ3v) is 7.61. The molecule has 57 heavy (non-hydrogen) atoms. The van der Waals surface area contributed by atoms with E-state index in [-0.39, 0.29) is 31.4 Å². The number of hydrazone groups is 1. The van der Waals surface area contributed by atoms with Crippen molar-refractivity contribution in [2.24, 2.45) is 16.8 Å². The van der Waals surface area contributed by atoms with E-state index >= 15 is 13.2 Å². The molecule has 3 rings (SSSR count). The van der Waals surface area contributed by atoms with Crippen LogP contribution >= 0.6 is 0 Å². The van der Waals surface area contributed by atoms with Crippen molar-refractivity contribution in [1.29, 1.82) is 0 Å². The molecule has 0 aliphatic heterocycles. The number of hydrogen-bond donors (Lipinski definition) is 4. The molecule has 0 spiro atoms. The molecule has 0 aliphatic carbocycles. The van der Waals surface area contributed by atoms with Crippen molar-refractivity contribution in [3.05, 3.63) is 101 Å². The highest BCUT2D eigenvalue weighted by Gasteiger charge is 2.62. The van der Waals surface area contributed by atoms with Gasteiger partial charge in [0.15, 0.2) is 0 Å². The molecule has 2 atom stereocenters. The van der Waals surface area contributed by atoms with Crippen LogP contribution in [0.5, 0.6) is 0 Å². The minimum Gasteiger partial charge on any atom is -0.444 e. The molecule has 1 aromatic heterocycles. The number of rotatable bonds is 14. The fraction of sp³-hybridized carbons (Fsp3) is 0.410. The topological polar surface area (TPSA) is 183 Å². The number of nitrogens with two attached hydrogens (primary N) is 2. The van der Waals surface area contributed by atoms with Gasteiger partial charge in [-0.05, 0) is 109 Å². The first-order valence-electron chi connectivity index (χ1n) is 17.6. The van der Waals surface area contributed by atoms with Crippen molar-refractivity contribution in [2.75, 3.05) is 13.1 Å². The maximum atomic E-state index is 17.3. The number of ether oxygens (including phenoxy) is 3. The smallest absolute Gasteiger partial charge is 0.408 e. The normalized spacial score (nSPS) is 13.4. The maximum absolute atomic E-state index is 17.3. The molecule has 0 saturated heterocycles. The van der Waals surface area contributed by atoms with Gasteiger partial charge in [-0.3, -0.25) is 9.99 Å². The highest BCUT2D eigenvalue weighted by atomic mass is 19.3. The average Bonchev–Trinajstić information content (AvgIpc) is 3.09. The van der Waals surface area contributed by atoms with E-state index in [4.69, 9.17) is 25.9 Å². The highest BCUT2D eigenvalue weighted by Crippen LogP contribution is 2.49. The molecule has 18 heteroatoms. The fourth-order valence-corrected chi connectivity index (χ4v) is 5.16. The first-order chi connectivity index (χ1) is 26.5. The van der Waals surface area contributed by atoms with Gasteiger partial charge in [0.25, 0.3) is 0 Å². The summed E-state index contributed by atoms with van der Waals surface area (Å²) in [4.78, 5) is 43.0. The van der Waals surface area contributed by atoms with Gasteiger partial charge in [-0.1, -0.05) is 11.8 Å². The van der Waals surface area contributed by atoms with Gasteiger partial charge in [0.05, 0.1) is 6.54 Å². The molecule has 1 unspecified atom stereocenters. The molecule has 2 aromatic carbocycles. The zero-order valence-electron chi connectivity index (χ0n) is 32.3. The molecule has 0 aliphatic rings. The lowest BCUT2D eigenvalue weighted by Crippen LogP contribution is -2.58. The number of pyridine rings is 1. The molecule has 6 N–H and O–H groups in total. The summed E-state index contributed by atoms with van der Waals surface area (Å²) in [5, 5.41) is 8.57. The number of carbonyl (C=O) groups excluding carboxylic acids is 3. The molecule has 13 nitrogen and oxygen atoms in total. The fourth-order valence-electron chi connectivity index (χ4n) is 5.16. The van der Waals surface area contributed by atoms with Crippen molar-refractivity contribution in [3.8, 4) is 11.8 Å². The van der Waals surface area contributed by atoms with E-state index < -0.39 is 82.2 Å². The monoisotopic (exact) mass is 803 g/mol. The zero-order chi connectivity index (χ0) is 42.6. The number of amides is 2. The lowest BCUT2D eigenvalue weighted by atomic mass is 9.83. The first-order valence-corrected chi connectivity index (χ1v) is 17.6. The Labute approximate surface area is 327 Å². The second-order valence-corrected chi connectivity index (χ2v) is 14.7. The largest absolute Gasteiger partial charge is 0.444 e. The number of carbonyl (C=O) groups is 3. The van der Waals surface area contributed by atoms with E-state index in [0.29, 0.717) is 35.1 Å². The molecule has 0 bridgehead atoms. The Kier molecular flexibility index (Phi) is 15.4. The van der Waals surface area contributed by atoms with E-state index in [2.05, 4.69) is 32.6 Å². The van der Waals surface area contributed by atoms with Crippen LogP contribution in [0.25, 0.3) is 0 Å². The zero-order valence-corrected chi connectivity index (χ0v) is 32.3. The summed E-state index contributed by atoms with van der Waals surface area (Å²) >= 11 is 0. The standard InChI is InChI=1S/C39H46F5N7O6/c1-36(2,3)56-34(53)47-20-8-7-9-31(50-35(54)57-37(4,5)6)33(52)55-38(23-51(46)24-49-45,29-18-17-28(41)21-30(29)42)39(43,44)32-19-14-26(22-48-32)11-10-25-12-15-27(40)16-13-25/h12-19,21-22,24,31H,7-9,20,23,45-46H2,1-6H3,(H,47,53)(H,50,54)/b49-24-/t31-,38?/m0/s1. The molecular weight excluding hydrogens is 757 g/mol. The van der Waals surface area contributed by atoms with Crippen LogP contribution in [0.15, 0.2) is 65.9 Å². The van der Waals surface area contributed by atoms with Crippen LogP contribution in [0.4, 0.5) is 31.5 Å². The summed E-state index contributed by atoms with van der Waals surface area (Å²) in [6, 6.07) is 7.15. The summed E-state index contributed by atoms with van der Waals surface area (Å²) in [5.74, 6) is 7.48. The van der Waals surface area contributed by atoms with Gasteiger partial charge >= 0.3 is 24.1 Å². The van der Waals surface area contributed by atoms with E-state index in [9.17, 15) is 23.2 Å². The van der Waals surface area contributed by atoms with Gasteiger partial charge in [0, 0.05) is 35.5 Å². The molecule has 308 valence electrons. The van der Waals surface area contributed by atoms with Gasteiger partial charge in [-0.2, -0.15) is 13.9 Å². The molecule has 2 amide bonds. The second-order valence-electron chi connectivity index (χ2n) is 14.7. The van der Waals surface area contributed by atoms with Crippen LogP contribution in [-0.2, 0) is 30.5 Å². The molecular formula is C39H46F5N7O6. The number of halogens is 5. The van der Waals surface area contributed by atoms with Gasteiger partial charge in [-0.25, -0.2) is 33.4 Å². The van der Waals surface area contributed by atoms with Gasteiger partial charge < -0.3 is 30.7 Å². The Balaban J connectivity index is 2.10. The third kappa shape index (κ3) is 13.6. The van der Waals surface area contributed by atoms with Crippen molar-refractivity contribution >= 4 is 24.5 Å². The van der Waals surface area contributed by atoms with Gasteiger partial charge in [-0.15, -0.1) is 0 Å². The Morgan fingerprint density at radius 2 is 1.46 bits per heavy atom. The molecule has 1 heterocycles. The Morgan fingerprint density at radius 3 is 2.04 bits per heavy atom. The summed E-state index contributed by atoms with van der Waals surface area (Å²) in [5.41, 5.74) is -6.79. The first kappa shape index (κ1) is 45.4. The van der Waals surface area contributed by atoms with E-state index in [1.807, 2.05) is 0 Å². The third-order valence-electron chi connectivity index (χ3n) is 7.61. The number of benzene rings is 2. The molecule has 3 aromatic rings. The summed E-state index contributed by atoms with van der Waals surface area (Å²) in [6.07, 6.45) is -0.0777. The number of hydrazine groups is 1. The predicted octanol–water partition coefficient (Wildman–Crippen LogP) is 6.10. The maximum Gasteiger partial charge on any atom is 0.408 e. The predicted molar refractivity (Wildman–Crippen MR) is 199 cm³/mol.